The number of likely N-dealkylation sites (N-methyl/N-ethyl adjacent to an activating group) is 1. The quantitative estimate of drug-likeness (QED) is 0.506. The number of carbonyl (C=O) groups excluding carboxylic acids is 3. The number of urea groups is 1. The Kier molecular flexibility index (Phi) is 8.15. The van der Waals surface area contributed by atoms with Gasteiger partial charge in [-0.3, -0.25) is 19.2 Å². The number of imide groups is 1. The minimum Gasteiger partial charge on any atom is -0.338 e. The van der Waals surface area contributed by atoms with Gasteiger partial charge in [0.25, 0.3) is 0 Å². The lowest BCUT2D eigenvalue weighted by molar-refractivity contribution is -0.145. The monoisotopic (exact) mass is 518 g/mol. The van der Waals surface area contributed by atoms with Gasteiger partial charge < -0.3 is 9.80 Å². The van der Waals surface area contributed by atoms with Gasteiger partial charge >= 0.3 is 6.03 Å². The lowest BCUT2D eigenvalue weighted by Crippen LogP contribution is -2.60. The summed E-state index contributed by atoms with van der Waals surface area (Å²) in [7, 11) is 5.99. The molecule has 0 bridgehead atoms. The molecular formula is C28H46N4O3S. The molecule has 4 rings (SSSR count). The van der Waals surface area contributed by atoms with Crippen molar-refractivity contribution < 1.29 is 14.4 Å². The third kappa shape index (κ3) is 4.72. The summed E-state index contributed by atoms with van der Waals surface area (Å²) >= 11 is 1.35. The topological polar surface area (TPSA) is 73.0 Å². The van der Waals surface area contributed by atoms with E-state index in [1.54, 1.807) is 6.08 Å². The predicted molar refractivity (Wildman–Crippen MR) is 145 cm³/mol. The van der Waals surface area contributed by atoms with Crippen LogP contribution < -0.4 is 4.72 Å². The number of fused-ring (bicyclic) bond motifs is 5. The van der Waals surface area contributed by atoms with Crippen LogP contribution in [0.5, 0.6) is 0 Å². The Morgan fingerprint density at radius 1 is 1.11 bits per heavy atom. The first-order valence-electron chi connectivity index (χ1n) is 13.9. The van der Waals surface area contributed by atoms with Crippen LogP contribution >= 0.6 is 11.9 Å². The molecule has 7 nitrogen and oxygen atoms in total. The fraction of sp³-hybridized carbons (Fsp3) is 0.821. The number of nitrogens with zero attached hydrogens (tertiary/aromatic N) is 3. The highest BCUT2D eigenvalue weighted by atomic mass is 32.2. The second kappa shape index (κ2) is 10.7. The second-order valence-electron chi connectivity index (χ2n) is 12.3. The van der Waals surface area contributed by atoms with Gasteiger partial charge in [0.15, 0.2) is 0 Å². The van der Waals surface area contributed by atoms with Gasteiger partial charge in [0.1, 0.15) is 0 Å². The first kappa shape index (κ1) is 27.5. The summed E-state index contributed by atoms with van der Waals surface area (Å²) in [6.45, 7) is 7.99. The summed E-state index contributed by atoms with van der Waals surface area (Å²) in [6, 6.07) is 0.00537. The maximum atomic E-state index is 14.0. The summed E-state index contributed by atoms with van der Waals surface area (Å²) in [5.74, 6) is 2.42. The van der Waals surface area contributed by atoms with E-state index in [4.69, 9.17) is 0 Å². The van der Waals surface area contributed by atoms with E-state index in [9.17, 15) is 14.4 Å². The third-order valence-corrected chi connectivity index (χ3v) is 10.8. The fourth-order valence-electron chi connectivity index (χ4n) is 8.38. The molecule has 202 valence electrons. The van der Waals surface area contributed by atoms with Crippen LogP contribution in [0.3, 0.4) is 0 Å². The molecule has 3 saturated carbocycles. The molecule has 1 aliphatic heterocycles. The Morgan fingerprint density at radius 2 is 1.86 bits per heavy atom. The van der Waals surface area contributed by atoms with Crippen molar-refractivity contribution in [2.75, 3.05) is 40.0 Å². The Balaban J connectivity index is 1.53. The highest BCUT2D eigenvalue weighted by Crippen LogP contribution is 2.65. The molecule has 4 aliphatic rings. The molecule has 1 heterocycles. The van der Waals surface area contributed by atoms with E-state index in [-0.39, 0.29) is 40.6 Å². The summed E-state index contributed by atoms with van der Waals surface area (Å²) < 4.78 is 2.88. The zero-order valence-corrected chi connectivity index (χ0v) is 23.9. The minimum absolute atomic E-state index is 0.00444. The first-order chi connectivity index (χ1) is 17.0. The fourth-order valence-corrected chi connectivity index (χ4v) is 8.76. The van der Waals surface area contributed by atoms with Crippen LogP contribution in [0.2, 0.25) is 0 Å². The molecule has 1 N–H and O–H groups in total. The molecule has 0 unspecified atom stereocenters. The number of carbonyl (C=O) groups is 3. The molecule has 0 radical (unpaired) electrons. The van der Waals surface area contributed by atoms with E-state index in [1.165, 1.54) is 16.8 Å². The summed E-state index contributed by atoms with van der Waals surface area (Å²) in [6.07, 6.45) is 10.9. The molecule has 3 fully saturated rings. The van der Waals surface area contributed by atoms with Crippen molar-refractivity contribution in [2.45, 2.75) is 71.8 Å². The SMILES string of the molecule is CCSNC(=O)N(CCCN(C)C)C(=O)[C@H]1CC[C@H]2[C@@H]3CC[C@H]4N(C)C(=O)C=C[C@]4(C)[C@H]3CC[C@]12C. The van der Waals surface area contributed by atoms with Crippen LogP contribution in [0.15, 0.2) is 12.2 Å². The van der Waals surface area contributed by atoms with E-state index < -0.39 is 0 Å². The smallest absolute Gasteiger partial charge is 0.334 e. The third-order valence-electron chi connectivity index (χ3n) is 10.2. The van der Waals surface area contributed by atoms with Crippen LogP contribution in [-0.4, -0.2) is 78.6 Å². The normalized spacial score (nSPS) is 37.4. The average molecular weight is 519 g/mol. The Hall–Kier alpha value is -1.54. The number of hydrogen-bond acceptors (Lipinski definition) is 5. The van der Waals surface area contributed by atoms with Gasteiger partial charge in [-0.2, -0.15) is 0 Å². The Morgan fingerprint density at radius 3 is 2.56 bits per heavy atom. The Bertz CT molecular complexity index is 894. The highest BCUT2D eigenvalue weighted by Gasteiger charge is 2.62. The molecule has 36 heavy (non-hydrogen) atoms. The number of nitrogens with one attached hydrogen (secondary N) is 1. The van der Waals surface area contributed by atoms with E-state index in [0.29, 0.717) is 24.3 Å². The maximum Gasteiger partial charge on any atom is 0.334 e. The molecule has 8 heteroatoms. The van der Waals surface area contributed by atoms with Gasteiger partial charge in [-0.05, 0) is 107 Å². The van der Waals surface area contributed by atoms with Crippen LogP contribution in [0, 0.1) is 34.5 Å². The van der Waals surface area contributed by atoms with E-state index in [2.05, 4.69) is 29.5 Å². The van der Waals surface area contributed by atoms with Gasteiger partial charge in [0.2, 0.25) is 11.8 Å². The molecule has 0 aromatic rings. The minimum atomic E-state index is -0.264. The molecule has 0 spiro atoms. The van der Waals surface area contributed by atoms with Crippen molar-refractivity contribution in [3.05, 3.63) is 12.2 Å². The zero-order valence-electron chi connectivity index (χ0n) is 23.1. The molecule has 7 atom stereocenters. The van der Waals surface area contributed by atoms with Crippen LogP contribution in [0.4, 0.5) is 4.79 Å². The van der Waals surface area contributed by atoms with Gasteiger partial charge in [-0.15, -0.1) is 0 Å². The highest BCUT2D eigenvalue weighted by molar-refractivity contribution is 7.97. The average Bonchev–Trinajstić information content (AvgIpc) is 3.19. The van der Waals surface area contributed by atoms with Crippen LogP contribution in [0.25, 0.3) is 0 Å². The van der Waals surface area contributed by atoms with Gasteiger partial charge in [-0.1, -0.05) is 26.8 Å². The van der Waals surface area contributed by atoms with E-state index in [1.807, 2.05) is 33.0 Å². The van der Waals surface area contributed by atoms with Crippen molar-refractivity contribution in [1.82, 2.24) is 19.4 Å². The zero-order chi connectivity index (χ0) is 26.3. The number of rotatable bonds is 7. The molecule has 3 aliphatic carbocycles. The lowest BCUT2D eigenvalue weighted by atomic mass is 9.47. The van der Waals surface area contributed by atoms with Gasteiger partial charge in [0, 0.05) is 36.7 Å². The largest absolute Gasteiger partial charge is 0.338 e. The van der Waals surface area contributed by atoms with E-state index in [0.717, 1.165) is 57.2 Å². The molecular weight excluding hydrogens is 472 g/mol. The summed E-state index contributed by atoms with van der Waals surface area (Å²) in [4.78, 5) is 45.0. The second-order valence-corrected chi connectivity index (χ2v) is 13.4. The molecule has 0 aromatic carbocycles. The first-order valence-corrected chi connectivity index (χ1v) is 14.9. The molecule has 4 amide bonds. The molecule has 0 saturated heterocycles. The van der Waals surface area contributed by atoms with Gasteiger partial charge in [0.05, 0.1) is 0 Å². The van der Waals surface area contributed by atoms with Crippen molar-refractivity contribution in [3.8, 4) is 0 Å². The number of hydrogen-bond donors (Lipinski definition) is 1. The summed E-state index contributed by atoms with van der Waals surface area (Å²) in [5.41, 5.74) is -0.0655. The predicted octanol–water partition coefficient (Wildman–Crippen LogP) is 4.40. The number of amides is 4. The van der Waals surface area contributed by atoms with Crippen LogP contribution in [-0.2, 0) is 9.59 Å². The van der Waals surface area contributed by atoms with Crippen molar-refractivity contribution in [2.24, 2.45) is 34.5 Å². The standard InChI is InChI=1S/C28H46N4O3S/c1-7-36-29-26(35)32(18-8-17-30(4)5)25(34)22-11-10-20-19-9-12-23-28(3,16-14-24(33)31(23)6)21(19)13-15-27(20,22)2/h14,16,19-23H,7-13,15,17-18H2,1-6H3,(H,29,35)/t19-,20-,21-,22+,23+,27-,28+/m0/s1. The van der Waals surface area contributed by atoms with Gasteiger partial charge in [-0.25, -0.2) is 4.79 Å². The summed E-state index contributed by atoms with van der Waals surface area (Å²) in [5, 5.41) is 0. The maximum absolute atomic E-state index is 14.0. The molecule has 0 aromatic heterocycles. The van der Waals surface area contributed by atoms with Crippen molar-refractivity contribution >= 4 is 29.8 Å². The van der Waals surface area contributed by atoms with Crippen molar-refractivity contribution in [1.29, 1.82) is 0 Å². The Labute approximate surface area is 221 Å². The van der Waals surface area contributed by atoms with Crippen LogP contribution in [0.1, 0.15) is 65.7 Å². The van der Waals surface area contributed by atoms with E-state index >= 15 is 0 Å². The lowest BCUT2D eigenvalue weighted by Gasteiger charge is -2.60. The van der Waals surface area contributed by atoms with Crippen molar-refractivity contribution in [3.63, 3.8) is 0 Å².